The van der Waals surface area contributed by atoms with E-state index in [4.69, 9.17) is 16.7 Å². The molecule has 2 heterocycles. The number of nitrogens with one attached hydrogen (secondary N) is 2. The lowest BCUT2D eigenvalue weighted by atomic mass is 10.7. The molecule has 0 amide bonds. The van der Waals surface area contributed by atoms with Gasteiger partial charge in [-0.2, -0.15) is 5.26 Å². The van der Waals surface area contributed by atoms with Gasteiger partial charge in [0.1, 0.15) is 13.3 Å². The summed E-state index contributed by atoms with van der Waals surface area (Å²) in [7, 11) is 0. The lowest BCUT2D eigenvalue weighted by Crippen LogP contribution is -2.36. The highest BCUT2D eigenvalue weighted by atomic mass is 32.2. The topological polar surface area (TPSA) is 143 Å². The number of rotatable bonds is 10. The quantitative estimate of drug-likeness (QED) is 0.0910. The van der Waals surface area contributed by atoms with E-state index in [0.717, 1.165) is 29.8 Å². The molecule has 0 fully saturated rings. The van der Waals surface area contributed by atoms with Crippen LogP contribution >= 0.6 is 47.4 Å². The minimum absolute atomic E-state index is 0.514. The Morgan fingerprint density at radius 2 is 1.77 bits per heavy atom. The van der Waals surface area contributed by atoms with Gasteiger partial charge in [-0.05, 0) is 23.9 Å². The normalized spacial score (nSPS) is 18.5. The Labute approximate surface area is 170 Å². The molecule has 0 aromatic heterocycles. The van der Waals surface area contributed by atoms with E-state index in [0.29, 0.717) is 36.2 Å². The summed E-state index contributed by atoms with van der Waals surface area (Å²) in [5.41, 5.74) is 11.2. The molecule has 0 atom stereocenters. The van der Waals surface area contributed by atoms with Crippen molar-refractivity contribution in [1.29, 1.82) is 5.26 Å². The Balaban J connectivity index is 1.51. The van der Waals surface area contributed by atoms with Gasteiger partial charge in [-0.15, -0.1) is 23.5 Å². The summed E-state index contributed by atoms with van der Waals surface area (Å²) in [6, 6.07) is 0. The van der Waals surface area contributed by atoms with Gasteiger partial charge in [-0.25, -0.2) is 18.6 Å². The van der Waals surface area contributed by atoms with Crippen LogP contribution in [-0.2, 0) is 0 Å². The van der Waals surface area contributed by atoms with Crippen LogP contribution in [0.25, 0.3) is 0 Å². The Hall–Kier alpha value is -0.980. The van der Waals surface area contributed by atoms with Crippen LogP contribution in [0.3, 0.4) is 0 Å². The Morgan fingerprint density at radius 3 is 2.31 bits per heavy atom. The van der Waals surface area contributed by atoms with Crippen molar-refractivity contribution in [1.82, 2.24) is 19.2 Å². The van der Waals surface area contributed by atoms with Crippen LogP contribution in [0.15, 0.2) is 15.0 Å². The van der Waals surface area contributed by atoms with Gasteiger partial charge in [-0.1, -0.05) is 0 Å². The van der Waals surface area contributed by atoms with Gasteiger partial charge >= 0.3 is 0 Å². The second-order valence-corrected chi connectivity index (χ2v) is 9.27. The second-order valence-electron chi connectivity index (χ2n) is 4.89. The molecule has 6 N–H and O–H groups in total. The van der Waals surface area contributed by atoms with Gasteiger partial charge in [0, 0.05) is 18.1 Å². The first-order chi connectivity index (χ1) is 12.7. The molecule has 0 unspecified atom stereocenters. The number of guanidine groups is 1. The van der Waals surface area contributed by atoms with E-state index in [1.165, 1.54) is 23.9 Å². The Morgan fingerprint density at radius 1 is 1.15 bits per heavy atom. The molecule has 144 valence electrons. The molecule has 0 aliphatic carbocycles. The van der Waals surface area contributed by atoms with Crippen molar-refractivity contribution < 1.29 is 0 Å². The average Bonchev–Trinajstić information content (AvgIpc) is 3.22. The smallest absolute Gasteiger partial charge is 0.204 e. The molecule has 2 rings (SSSR count). The highest BCUT2D eigenvalue weighted by Crippen LogP contribution is 2.20. The molecule has 0 saturated heterocycles. The summed E-state index contributed by atoms with van der Waals surface area (Å²) in [6.45, 7) is 2.64. The van der Waals surface area contributed by atoms with E-state index < -0.39 is 0 Å². The van der Waals surface area contributed by atoms with Crippen molar-refractivity contribution in [3.8, 4) is 6.19 Å². The molecule has 2 aliphatic heterocycles. The van der Waals surface area contributed by atoms with Gasteiger partial charge in [0.25, 0.3) is 0 Å². The fraction of sp³-hybridized carbons (Fsp3) is 0.667. The van der Waals surface area contributed by atoms with E-state index in [2.05, 4.69) is 34.2 Å². The van der Waals surface area contributed by atoms with Crippen molar-refractivity contribution >= 4 is 63.7 Å². The Bertz CT molecular complexity index is 575. The van der Waals surface area contributed by atoms with Crippen molar-refractivity contribution in [2.45, 2.75) is 0 Å². The minimum atomic E-state index is 0.514. The molecule has 0 saturated carbocycles. The van der Waals surface area contributed by atoms with Crippen LogP contribution in [0.1, 0.15) is 0 Å². The largest absolute Gasteiger partial charge is 0.377 e. The zero-order valence-electron chi connectivity index (χ0n) is 14.1. The molecule has 0 bridgehead atoms. The first-order valence-electron chi connectivity index (χ1n) is 7.72. The van der Waals surface area contributed by atoms with Gasteiger partial charge in [0.05, 0.1) is 18.3 Å². The summed E-state index contributed by atoms with van der Waals surface area (Å²) >= 11 is 6.49. The van der Waals surface area contributed by atoms with E-state index >= 15 is 0 Å². The van der Waals surface area contributed by atoms with Crippen molar-refractivity contribution in [2.75, 3.05) is 49.7 Å². The van der Waals surface area contributed by atoms with Crippen LogP contribution in [0, 0.1) is 11.5 Å². The average molecular weight is 435 g/mol. The lowest BCUT2D eigenvalue weighted by Gasteiger charge is -2.12. The highest BCUT2D eigenvalue weighted by molar-refractivity contribution is 8.13. The van der Waals surface area contributed by atoms with Gasteiger partial charge < -0.3 is 16.8 Å². The Kier molecular flexibility index (Phi) is 10.2. The van der Waals surface area contributed by atoms with Gasteiger partial charge in [-0.3, -0.25) is 10.3 Å². The van der Waals surface area contributed by atoms with Gasteiger partial charge in [0.15, 0.2) is 16.5 Å². The second kappa shape index (κ2) is 12.4. The van der Waals surface area contributed by atoms with E-state index in [9.17, 15) is 0 Å². The molecule has 14 heteroatoms. The van der Waals surface area contributed by atoms with Crippen LogP contribution in [0.2, 0.25) is 0 Å². The number of hydrogen-bond acceptors (Lipinski definition) is 12. The summed E-state index contributed by atoms with van der Waals surface area (Å²) in [5.74, 6) is 3.97. The summed E-state index contributed by atoms with van der Waals surface area (Å²) in [5, 5.41) is 15.8. The van der Waals surface area contributed by atoms with Gasteiger partial charge in [0.2, 0.25) is 5.96 Å². The molecular weight excluding hydrogens is 412 g/mol. The van der Waals surface area contributed by atoms with Crippen LogP contribution in [-0.4, -0.2) is 74.6 Å². The fourth-order valence-corrected chi connectivity index (χ4v) is 4.96. The zero-order chi connectivity index (χ0) is 18.6. The summed E-state index contributed by atoms with van der Waals surface area (Å²) < 4.78 is 4.18. The first kappa shape index (κ1) is 21.3. The third kappa shape index (κ3) is 8.60. The molecule has 0 spiro atoms. The van der Waals surface area contributed by atoms with Crippen molar-refractivity contribution in [2.24, 2.45) is 26.4 Å². The van der Waals surface area contributed by atoms with E-state index in [-0.39, 0.29) is 0 Å². The number of nitrogens with zero attached hydrogens (tertiary/aromatic N) is 6. The molecule has 26 heavy (non-hydrogen) atoms. The van der Waals surface area contributed by atoms with Crippen LogP contribution in [0.4, 0.5) is 0 Å². The van der Waals surface area contributed by atoms with Crippen LogP contribution in [0.5, 0.6) is 0 Å². The van der Waals surface area contributed by atoms with Crippen molar-refractivity contribution in [3.63, 3.8) is 0 Å². The molecule has 0 radical (unpaired) electrons. The van der Waals surface area contributed by atoms with Crippen molar-refractivity contribution in [3.05, 3.63) is 0 Å². The SMILES string of the molecule is N#CNC(=NCCSCN1CN=C(N)S1)NCCSCN1CN=C(N)S1. The van der Waals surface area contributed by atoms with E-state index in [1.807, 2.05) is 6.19 Å². The monoisotopic (exact) mass is 434 g/mol. The third-order valence-electron chi connectivity index (χ3n) is 2.90. The number of nitrogens with two attached hydrogens (primary N) is 2. The maximum Gasteiger partial charge on any atom is 0.204 e. The van der Waals surface area contributed by atoms with Crippen LogP contribution < -0.4 is 22.1 Å². The molecule has 2 aliphatic rings. The summed E-state index contributed by atoms with van der Waals surface area (Å²) in [6.07, 6.45) is 1.91. The minimum Gasteiger partial charge on any atom is -0.377 e. The summed E-state index contributed by atoms with van der Waals surface area (Å²) in [4.78, 5) is 12.6. The first-order valence-corrected chi connectivity index (χ1v) is 11.6. The number of thioether (sulfide) groups is 2. The third-order valence-corrected chi connectivity index (χ3v) is 6.82. The molecule has 0 aromatic rings. The molecular formula is C12H22N10S4. The standard InChI is InChI=1S/C12H22N10S4/c13-5-18-12(16-1-3-23-8-21-6-19-10(14)25-21)17-2-4-24-9-22-7-20-11(15)26-22/h1-4,6-9H2,(H2,14,19)(H2,15,20)(H2,16,17,18). The zero-order valence-corrected chi connectivity index (χ0v) is 17.4. The number of aliphatic imine (C=N–C) groups is 3. The molecule has 10 nitrogen and oxygen atoms in total. The predicted octanol–water partition coefficient (Wildman–Crippen LogP) is -0.144. The predicted molar refractivity (Wildman–Crippen MR) is 116 cm³/mol. The molecule has 0 aromatic carbocycles. The maximum atomic E-state index is 8.82. The number of nitriles is 1. The van der Waals surface area contributed by atoms with E-state index in [1.54, 1.807) is 23.5 Å². The number of amidine groups is 2. The maximum absolute atomic E-state index is 8.82. The fourth-order valence-electron chi connectivity index (χ4n) is 1.80. The lowest BCUT2D eigenvalue weighted by molar-refractivity contribution is 0.583. The number of hydrogen-bond donors (Lipinski definition) is 4. The highest BCUT2D eigenvalue weighted by Gasteiger charge is 2.14.